The summed E-state index contributed by atoms with van der Waals surface area (Å²) >= 11 is 0. The van der Waals surface area contributed by atoms with E-state index in [2.05, 4.69) is 36.9 Å². The zero-order chi connectivity index (χ0) is 11.8. The van der Waals surface area contributed by atoms with Crippen molar-refractivity contribution in [2.24, 2.45) is 0 Å². The van der Waals surface area contributed by atoms with Gasteiger partial charge in [0.1, 0.15) is 0 Å². The van der Waals surface area contributed by atoms with E-state index in [0.29, 0.717) is 13.1 Å². The molecule has 1 saturated heterocycles. The quantitative estimate of drug-likeness (QED) is 0.746. The molecule has 1 aliphatic rings. The van der Waals surface area contributed by atoms with Gasteiger partial charge in [-0.15, -0.1) is 0 Å². The number of hydrogen-bond donors (Lipinski definition) is 0. The molecule has 0 amide bonds. The van der Waals surface area contributed by atoms with Crippen LogP contribution in [0.25, 0.3) is 0 Å². The molecule has 0 unspecified atom stereocenters. The van der Waals surface area contributed by atoms with Crippen molar-refractivity contribution in [1.82, 2.24) is 0 Å². The molecular weight excluding hydrogens is 222 g/mol. The van der Waals surface area contributed by atoms with Crippen molar-refractivity contribution < 1.29 is 8.42 Å². The summed E-state index contributed by atoms with van der Waals surface area (Å²) in [6.07, 6.45) is 0. The molecule has 1 aliphatic heterocycles. The Bertz CT molecular complexity index is 480. The van der Waals surface area contributed by atoms with Crippen LogP contribution in [0.1, 0.15) is 11.1 Å². The number of nitrogens with zero attached hydrogens (tertiary/aromatic N) is 1. The van der Waals surface area contributed by atoms with Gasteiger partial charge in [-0.25, -0.2) is 8.42 Å². The summed E-state index contributed by atoms with van der Waals surface area (Å²) in [5.74, 6) is 0.555. The first-order valence-corrected chi connectivity index (χ1v) is 7.33. The molecule has 1 heterocycles. The van der Waals surface area contributed by atoms with E-state index in [9.17, 15) is 8.42 Å². The second kappa shape index (κ2) is 4.09. The zero-order valence-corrected chi connectivity index (χ0v) is 10.5. The molecule has 0 spiro atoms. The van der Waals surface area contributed by atoms with Gasteiger partial charge >= 0.3 is 0 Å². The Labute approximate surface area is 97.0 Å². The fourth-order valence-corrected chi connectivity index (χ4v) is 3.09. The van der Waals surface area contributed by atoms with Crippen molar-refractivity contribution >= 4 is 15.5 Å². The van der Waals surface area contributed by atoms with Crippen LogP contribution in [0.5, 0.6) is 0 Å². The van der Waals surface area contributed by atoms with Gasteiger partial charge in [0, 0.05) is 18.8 Å². The van der Waals surface area contributed by atoms with Crippen molar-refractivity contribution in [2.75, 3.05) is 29.5 Å². The fourth-order valence-electron chi connectivity index (χ4n) is 1.89. The van der Waals surface area contributed by atoms with Gasteiger partial charge in [0.15, 0.2) is 9.84 Å². The molecule has 0 atom stereocenters. The van der Waals surface area contributed by atoms with Gasteiger partial charge in [0.2, 0.25) is 0 Å². The van der Waals surface area contributed by atoms with Crippen LogP contribution in [0.3, 0.4) is 0 Å². The lowest BCUT2D eigenvalue weighted by atomic mass is 10.1. The van der Waals surface area contributed by atoms with Crippen LogP contribution in [-0.4, -0.2) is 33.0 Å². The first-order chi connectivity index (χ1) is 7.48. The van der Waals surface area contributed by atoms with E-state index in [0.717, 1.165) is 5.69 Å². The van der Waals surface area contributed by atoms with Crippen molar-refractivity contribution in [3.63, 3.8) is 0 Å². The molecule has 16 heavy (non-hydrogen) atoms. The molecule has 0 aliphatic carbocycles. The van der Waals surface area contributed by atoms with Crippen LogP contribution in [0.15, 0.2) is 18.2 Å². The maximum atomic E-state index is 11.3. The average Bonchev–Trinajstić information content (AvgIpc) is 2.22. The molecule has 88 valence electrons. The summed E-state index contributed by atoms with van der Waals surface area (Å²) in [5, 5.41) is 0. The SMILES string of the molecule is Cc1ccc(N2CCS(=O)(=O)CC2)cc1C. The minimum atomic E-state index is -2.78. The summed E-state index contributed by atoms with van der Waals surface area (Å²) in [7, 11) is -2.78. The monoisotopic (exact) mass is 239 g/mol. The normalized spacial score (nSPS) is 19.8. The molecule has 2 rings (SSSR count). The smallest absolute Gasteiger partial charge is 0.153 e. The van der Waals surface area contributed by atoms with Crippen molar-refractivity contribution in [2.45, 2.75) is 13.8 Å². The molecule has 3 nitrogen and oxygen atoms in total. The molecule has 0 aromatic heterocycles. The van der Waals surface area contributed by atoms with E-state index in [1.807, 2.05) is 0 Å². The Morgan fingerprint density at radius 1 is 1.06 bits per heavy atom. The van der Waals surface area contributed by atoms with Crippen LogP contribution < -0.4 is 4.90 Å². The summed E-state index contributed by atoms with van der Waals surface area (Å²) in [6.45, 7) is 5.40. The summed E-state index contributed by atoms with van der Waals surface area (Å²) in [6, 6.07) is 6.29. The van der Waals surface area contributed by atoms with Gasteiger partial charge < -0.3 is 4.90 Å². The molecule has 0 saturated carbocycles. The van der Waals surface area contributed by atoms with Crippen LogP contribution >= 0.6 is 0 Å². The first-order valence-electron chi connectivity index (χ1n) is 5.50. The van der Waals surface area contributed by atoms with E-state index >= 15 is 0 Å². The zero-order valence-electron chi connectivity index (χ0n) is 9.73. The third kappa shape index (κ3) is 2.38. The van der Waals surface area contributed by atoms with E-state index in [1.165, 1.54) is 11.1 Å². The molecule has 0 N–H and O–H groups in total. The molecule has 0 radical (unpaired) electrons. The second-order valence-corrected chi connectivity index (χ2v) is 6.71. The highest BCUT2D eigenvalue weighted by atomic mass is 32.2. The molecular formula is C12H17NO2S. The van der Waals surface area contributed by atoms with Gasteiger partial charge in [0.05, 0.1) is 11.5 Å². The van der Waals surface area contributed by atoms with Crippen molar-refractivity contribution in [1.29, 1.82) is 0 Å². The third-order valence-corrected chi connectivity index (χ3v) is 4.81. The molecule has 1 aromatic carbocycles. The number of rotatable bonds is 1. The highest BCUT2D eigenvalue weighted by Gasteiger charge is 2.21. The minimum absolute atomic E-state index is 0.278. The topological polar surface area (TPSA) is 37.4 Å². The lowest BCUT2D eigenvalue weighted by Crippen LogP contribution is -2.40. The Morgan fingerprint density at radius 2 is 1.69 bits per heavy atom. The van der Waals surface area contributed by atoms with Crippen molar-refractivity contribution in [3.8, 4) is 0 Å². The number of benzene rings is 1. The van der Waals surface area contributed by atoms with Crippen LogP contribution in [0.4, 0.5) is 5.69 Å². The highest BCUT2D eigenvalue weighted by Crippen LogP contribution is 2.20. The average molecular weight is 239 g/mol. The standard InChI is InChI=1S/C12H17NO2S/c1-10-3-4-12(9-11(10)2)13-5-7-16(14,15)8-6-13/h3-4,9H,5-8H2,1-2H3. The molecule has 1 aromatic rings. The predicted octanol–water partition coefficient (Wildman–Crippen LogP) is 1.54. The minimum Gasteiger partial charge on any atom is -0.369 e. The summed E-state index contributed by atoms with van der Waals surface area (Å²) in [4.78, 5) is 2.15. The second-order valence-electron chi connectivity index (χ2n) is 4.41. The van der Waals surface area contributed by atoms with E-state index in [1.54, 1.807) is 0 Å². The van der Waals surface area contributed by atoms with E-state index in [4.69, 9.17) is 0 Å². The van der Waals surface area contributed by atoms with Crippen LogP contribution in [0, 0.1) is 13.8 Å². The first kappa shape index (κ1) is 11.5. The maximum Gasteiger partial charge on any atom is 0.153 e. The van der Waals surface area contributed by atoms with Gasteiger partial charge in [-0.1, -0.05) is 6.07 Å². The summed E-state index contributed by atoms with van der Waals surface area (Å²) in [5.41, 5.74) is 3.66. The molecule has 1 fully saturated rings. The number of hydrogen-bond acceptors (Lipinski definition) is 3. The number of aryl methyl sites for hydroxylation is 2. The molecule has 0 bridgehead atoms. The Balaban J connectivity index is 2.17. The lowest BCUT2D eigenvalue weighted by Gasteiger charge is -2.29. The van der Waals surface area contributed by atoms with E-state index in [-0.39, 0.29) is 11.5 Å². The lowest BCUT2D eigenvalue weighted by molar-refractivity contribution is 0.587. The maximum absolute atomic E-state index is 11.3. The molecule has 4 heteroatoms. The fraction of sp³-hybridized carbons (Fsp3) is 0.500. The summed E-state index contributed by atoms with van der Waals surface area (Å²) < 4.78 is 22.6. The number of anilines is 1. The van der Waals surface area contributed by atoms with E-state index < -0.39 is 9.84 Å². The van der Waals surface area contributed by atoms with Gasteiger partial charge in [-0.2, -0.15) is 0 Å². The van der Waals surface area contributed by atoms with Crippen LogP contribution in [-0.2, 0) is 9.84 Å². The Kier molecular flexibility index (Phi) is 2.93. The van der Waals surface area contributed by atoms with Gasteiger partial charge in [0.25, 0.3) is 0 Å². The number of sulfone groups is 1. The van der Waals surface area contributed by atoms with Gasteiger partial charge in [-0.05, 0) is 37.1 Å². The third-order valence-electron chi connectivity index (χ3n) is 3.20. The largest absolute Gasteiger partial charge is 0.369 e. The Morgan fingerprint density at radius 3 is 2.25 bits per heavy atom. The predicted molar refractivity (Wildman–Crippen MR) is 66.8 cm³/mol. The van der Waals surface area contributed by atoms with Gasteiger partial charge in [-0.3, -0.25) is 0 Å². The Hall–Kier alpha value is -1.03. The van der Waals surface area contributed by atoms with Crippen molar-refractivity contribution in [3.05, 3.63) is 29.3 Å². The highest BCUT2D eigenvalue weighted by molar-refractivity contribution is 7.91. The van der Waals surface area contributed by atoms with Crippen LogP contribution in [0.2, 0.25) is 0 Å².